The number of sulfonamides is 1. The van der Waals surface area contributed by atoms with Gasteiger partial charge in [-0.05, 0) is 43.3 Å². The van der Waals surface area contributed by atoms with Crippen molar-refractivity contribution in [2.75, 3.05) is 10.0 Å². The van der Waals surface area contributed by atoms with Crippen molar-refractivity contribution in [1.82, 2.24) is 5.16 Å². The number of carbonyl (C=O) groups excluding carboxylic acids is 1. The number of hydrogen-bond donors (Lipinski definition) is 2. The van der Waals surface area contributed by atoms with Crippen molar-refractivity contribution in [3.63, 3.8) is 0 Å². The Hall–Kier alpha value is -3.41. The quantitative estimate of drug-likeness (QED) is 0.576. The van der Waals surface area contributed by atoms with Crippen LogP contribution in [0.2, 0.25) is 0 Å². The summed E-state index contributed by atoms with van der Waals surface area (Å²) in [4.78, 5) is 11.4. The number of hydrogen-bond acceptors (Lipinski definition) is 5. The second-order valence-electron chi connectivity index (χ2n) is 6.08. The van der Waals surface area contributed by atoms with Gasteiger partial charge in [-0.1, -0.05) is 11.2 Å². The Morgan fingerprint density at radius 2 is 1.80 bits per heavy atom. The molecule has 1 aromatic heterocycles. The summed E-state index contributed by atoms with van der Waals surface area (Å²) in [7, 11) is -4.46. The van der Waals surface area contributed by atoms with Gasteiger partial charge in [0, 0.05) is 5.69 Å². The summed E-state index contributed by atoms with van der Waals surface area (Å²) in [5.41, 5.74) is -1.36. The van der Waals surface area contributed by atoms with Crippen molar-refractivity contribution in [3.05, 3.63) is 71.4 Å². The minimum Gasteiger partial charge on any atom is -0.361 e. The molecule has 7 nitrogen and oxygen atoms in total. The lowest BCUT2D eigenvalue weighted by molar-refractivity contribution is -0.140. The normalized spacial score (nSPS) is 11.9. The van der Waals surface area contributed by atoms with Crippen molar-refractivity contribution in [2.45, 2.75) is 18.0 Å². The molecular weight excluding hydrogens is 430 g/mol. The molecule has 3 rings (SSSR count). The molecule has 2 aromatic carbocycles. The van der Waals surface area contributed by atoms with Gasteiger partial charge in [-0.15, -0.1) is 0 Å². The number of rotatable bonds is 5. The predicted octanol–water partition coefficient (Wildman–Crippen LogP) is 4.19. The fourth-order valence-electron chi connectivity index (χ4n) is 2.48. The fourth-order valence-corrected chi connectivity index (χ4v) is 3.55. The number of nitrogens with one attached hydrogen (secondary N) is 2. The Bertz CT molecular complexity index is 1210. The monoisotopic (exact) mass is 443 g/mol. The molecule has 0 aliphatic heterocycles. The van der Waals surface area contributed by atoms with Crippen LogP contribution in [0.15, 0.2) is 58.1 Å². The van der Waals surface area contributed by atoms with Gasteiger partial charge in [0.1, 0.15) is 17.1 Å². The Balaban J connectivity index is 1.83. The molecular formula is C18H13F4N3O4S. The highest BCUT2D eigenvalue weighted by Crippen LogP contribution is 2.33. The molecule has 30 heavy (non-hydrogen) atoms. The molecule has 0 atom stereocenters. The van der Waals surface area contributed by atoms with E-state index in [-0.39, 0.29) is 28.8 Å². The first kappa shape index (κ1) is 21.3. The maximum absolute atomic E-state index is 13.4. The maximum atomic E-state index is 13.4. The SMILES string of the molecule is Cc1oncc1C(=O)Nc1cccc(NS(=O)(=O)c2ccc(F)c(C(F)(F)F)c2)c1. The number of halogens is 4. The molecule has 1 amide bonds. The molecule has 12 heteroatoms. The van der Waals surface area contributed by atoms with E-state index in [4.69, 9.17) is 4.52 Å². The van der Waals surface area contributed by atoms with Crippen LogP contribution in [0.1, 0.15) is 21.7 Å². The maximum Gasteiger partial charge on any atom is 0.419 e. The van der Waals surface area contributed by atoms with Gasteiger partial charge >= 0.3 is 6.18 Å². The van der Waals surface area contributed by atoms with Gasteiger partial charge in [-0.2, -0.15) is 13.2 Å². The number of alkyl halides is 3. The highest BCUT2D eigenvalue weighted by Gasteiger charge is 2.35. The Morgan fingerprint density at radius 1 is 1.10 bits per heavy atom. The van der Waals surface area contributed by atoms with Crippen molar-refractivity contribution >= 4 is 27.3 Å². The van der Waals surface area contributed by atoms with E-state index in [1.54, 1.807) is 0 Å². The first-order chi connectivity index (χ1) is 14.0. The third-order valence-electron chi connectivity index (χ3n) is 3.92. The highest BCUT2D eigenvalue weighted by molar-refractivity contribution is 7.92. The Labute approximate surface area is 167 Å². The third kappa shape index (κ3) is 4.59. The van der Waals surface area contributed by atoms with E-state index < -0.39 is 38.4 Å². The zero-order valence-corrected chi connectivity index (χ0v) is 15.9. The van der Waals surface area contributed by atoms with E-state index in [0.717, 1.165) is 0 Å². The summed E-state index contributed by atoms with van der Waals surface area (Å²) in [5, 5.41) is 6.00. The van der Waals surface area contributed by atoms with E-state index >= 15 is 0 Å². The summed E-state index contributed by atoms with van der Waals surface area (Å²) < 4.78 is 83.8. The zero-order chi connectivity index (χ0) is 22.1. The molecule has 0 unspecified atom stereocenters. The molecule has 0 saturated heterocycles. The molecule has 0 aliphatic carbocycles. The molecule has 3 aromatic rings. The zero-order valence-electron chi connectivity index (χ0n) is 15.1. The van der Waals surface area contributed by atoms with Crippen LogP contribution in [0.4, 0.5) is 28.9 Å². The number of aromatic nitrogens is 1. The second kappa shape index (κ2) is 7.78. The highest BCUT2D eigenvalue weighted by atomic mass is 32.2. The van der Waals surface area contributed by atoms with Crippen molar-refractivity contribution in [3.8, 4) is 0 Å². The van der Waals surface area contributed by atoms with Crippen LogP contribution in [-0.4, -0.2) is 19.5 Å². The van der Waals surface area contributed by atoms with E-state index in [0.29, 0.717) is 12.1 Å². The van der Waals surface area contributed by atoms with Crippen LogP contribution >= 0.6 is 0 Å². The topological polar surface area (TPSA) is 101 Å². The van der Waals surface area contributed by atoms with Crippen molar-refractivity contribution < 1.29 is 35.3 Å². The Kier molecular flexibility index (Phi) is 5.53. The summed E-state index contributed by atoms with van der Waals surface area (Å²) in [5.74, 6) is -1.86. The first-order valence-corrected chi connectivity index (χ1v) is 9.68. The molecule has 0 aliphatic rings. The molecule has 0 saturated carbocycles. The second-order valence-corrected chi connectivity index (χ2v) is 7.76. The van der Waals surface area contributed by atoms with Gasteiger partial charge in [0.15, 0.2) is 0 Å². The van der Waals surface area contributed by atoms with Gasteiger partial charge in [0.25, 0.3) is 15.9 Å². The van der Waals surface area contributed by atoms with Crippen LogP contribution in [-0.2, 0) is 16.2 Å². The van der Waals surface area contributed by atoms with Gasteiger partial charge in [0.05, 0.1) is 22.3 Å². The number of aryl methyl sites for hydroxylation is 1. The smallest absolute Gasteiger partial charge is 0.361 e. The van der Waals surface area contributed by atoms with Gasteiger partial charge in [0.2, 0.25) is 0 Å². The standard InChI is InChI=1S/C18H13F4N3O4S/c1-10-14(9-23-29-10)17(26)24-11-3-2-4-12(7-11)25-30(27,28)13-5-6-16(19)15(8-13)18(20,21)22/h2-9,25H,1H3,(H,24,26). The minimum absolute atomic E-state index is 0.0345. The molecule has 0 spiro atoms. The van der Waals surface area contributed by atoms with Crippen molar-refractivity contribution in [2.24, 2.45) is 0 Å². The van der Waals surface area contributed by atoms with Crippen LogP contribution in [0.5, 0.6) is 0 Å². The van der Waals surface area contributed by atoms with Gasteiger partial charge in [-0.3, -0.25) is 9.52 Å². The van der Waals surface area contributed by atoms with E-state index in [1.807, 2.05) is 0 Å². The van der Waals surface area contributed by atoms with E-state index in [1.165, 1.54) is 37.4 Å². The molecule has 0 radical (unpaired) electrons. The van der Waals surface area contributed by atoms with Crippen LogP contribution in [0.3, 0.4) is 0 Å². The van der Waals surface area contributed by atoms with E-state index in [2.05, 4.69) is 15.2 Å². The number of nitrogens with zero attached hydrogens (tertiary/aromatic N) is 1. The van der Waals surface area contributed by atoms with Gasteiger partial charge < -0.3 is 9.84 Å². The molecule has 0 fully saturated rings. The minimum atomic E-state index is -5.06. The molecule has 158 valence electrons. The fraction of sp³-hybridized carbons (Fsp3) is 0.111. The number of benzene rings is 2. The predicted molar refractivity (Wildman–Crippen MR) is 97.8 cm³/mol. The summed E-state index contributed by atoms with van der Waals surface area (Å²) in [6.07, 6.45) is -3.84. The van der Waals surface area contributed by atoms with Crippen LogP contribution in [0.25, 0.3) is 0 Å². The lowest BCUT2D eigenvalue weighted by atomic mass is 10.2. The average molecular weight is 443 g/mol. The summed E-state index contributed by atoms with van der Waals surface area (Å²) in [6, 6.07) is 6.82. The van der Waals surface area contributed by atoms with Crippen molar-refractivity contribution in [1.29, 1.82) is 0 Å². The summed E-state index contributed by atoms with van der Waals surface area (Å²) >= 11 is 0. The Morgan fingerprint density at radius 3 is 2.43 bits per heavy atom. The molecule has 0 bridgehead atoms. The van der Waals surface area contributed by atoms with Crippen LogP contribution < -0.4 is 10.0 Å². The summed E-state index contributed by atoms with van der Waals surface area (Å²) in [6.45, 7) is 1.53. The largest absolute Gasteiger partial charge is 0.419 e. The number of carbonyl (C=O) groups is 1. The number of amides is 1. The lowest BCUT2D eigenvalue weighted by Gasteiger charge is -2.13. The third-order valence-corrected chi connectivity index (χ3v) is 5.30. The average Bonchev–Trinajstić information content (AvgIpc) is 3.07. The lowest BCUT2D eigenvalue weighted by Crippen LogP contribution is -2.16. The van der Waals surface area contributed by atoms with Gasteiger partial charge in [-0.25, -0.2) is 12.8 Å². The molecule has 2 N–H and O–H groups in total. The molecule has 1 heterocycles. The van der Waals surface area contributed by atoms with Crippen LogP contribution in [0, 0.1) is 12.7 Å². The number of anilines is 2. The van der Waals surface area contributed by atoms with E-state index in [9.17, 15) is 30.8 Å². The first-order valence-electron chi connectivity index (χ1n) is 8.19.